The number of isocyanates is 1. The number of benzene rings is 1. The molecule has 0 atom stereocenters. The molecule has 1 N–H and O–H groups in total. The molecule has 1 saturated carbocycles. The van der Waals surface area contributed by atoms with E-state index in [0.717, 1.165) is 25.7 Å². The van der Waals surface area contributed by atoms with Gasteiger partial charge in [0.05, 0.1) is 12.1 Å². The normalized spacial score (nSPS) is 17.2. The van der Waals surface area contributed by atoms with E-state index in [1.807, 2.05) is 0 Å². The highest BCUT2D eigenvalue weighted by molar-refractivity contribution is 6.32. The van der Waals surface area contributed by atoms with Crippen molar-refractivity contribution in [3.8, 4) is 11.5 Å². The second-order valence-corrected chi connectivity index (χ2v) is 4.85. The Labute approximate surface area is 110 Å². The number of nitrogens with zero attached hydrogens (tertiary/aromatic N) is 1. The fourth-order valence-electron chi connectivity index (χ4n) is 2.56. The molecule has 1 aromatic rings. The van der Waals surface area contributed by atoms with Gasteiger partial charge in [0, 0.05) is 11.6 Å². The summed E-state index contributed by atoms with van der Waals surface area (Å²) in [4.78, 5) is 14.5. The summed E-state index contributed by atoms with van der Waals surface area (Å²) in [5.41, 5.74) is -0.101. The van der Waals surface area contributed by atoms with Crippen LogP contribution in [-0.4, -0.2) is 18.3 Å². The number of halogens is 1. The van der Waals surface area contributed by atoms with Crippen molar-refractivity contribution in [2.75, 3.05) is 7.11 Å². The third kappa shape index (κ3) is 2.09. The average molecular weight is 268 g/mol. The Kier molecular flexibility index (Phi) is 3.60. The first kappa shape index (κ1) is 12.9. The second kappa shape index (κ2) is 5.01. The highest BCUT2D eigenvalue weighted by atomic mass is 35.5. The Hall–Kier alpha value is -1.51. The minimum atomic E-state index is -0.679. The Bertz CT molecular complexity index is 503. The molecule has 0 bridgehead atoms. The van der Waals surface area contributed by atoms with E-state index in [9.17, 15) is 9.90 Å². The van der Waals surface area contributed by atoms with Crippen molar-refractivity contribution >= 4 is 17.7 Å². The van der Waals surface area contributed by atoms with Gasteiger partial charge in [-0.05, 0) is 18.9 Å². The first-order chi connectivity index (χ1) is 8.63. The van der Waals surface area contributed by atoms with E-state index >= 15 is 0 Å². The summed E-state index contributed by atoms with van der Waals surface area (Å²) in [5, 5.41) is 10.5. The molecule has 2 rings (SSSR count). The molecule has 0 heterocycles. The van der Waals surface area contributed by atoms with Crippen LogP contribution in [0.4, 0.5) is 0 Å². The molecule has 4 nitrogen and oxygen atoms in total. The van der Waals surface area contributed by atoms with Crippen LogP contribution in [0.2, 0.25) is 5.02 Å². The van der Waals surface area contributed by atoms with Crippen LogP contribution in [0.15, 0.2) is 17.1 Å². The van der Waals surface area contributed by atoms with E-state index in [0.29, 0.717) is 16.3 Å². The Morgan fingerprint density at radius 2 is 2.11 bits per heavy atom. The Morgan fingerprint density at radius 3 is 2.67 bits per heavy atom. The van der Waals surface area contributed by atoms with Crippen LogP contribution in [0.3, 0.4) is 0 Å². The molecule has 5 heteroatoms. The fourth-order valence-corrected chi connectivity index (χ4v) is 2.80. The van der Waals surface area contributed by atoms with Gasteiger partial charge in [0.15, 0.2) is 0 Å². The van der Waals surface area contributed by atoms with Gasteiger partial charge in [0.25, 0.3) is 0 Å². The van der Waals surface area contributed by atoms with E-state index in [1.165, 1.54) is 13.2 Å². The van der Waals surface area contributed by atoms with Crippen LogP contribution in [0.5, 0.6) is 11.5 Å². The molecule has 0 spiro atoms. The standard InChI is InChI=1S/C13H14ClNO3/c1-18-12-7-11(17)9(6-10(12)14)13(15-8-16)4-2-3-5-13/h6-7,17H,2-5H2,1H3. The molecule has 0 amide bonds. The van der Waals surface area contributed by atoms with E-state index in [4.69, 9.17) is 16.3 Å². The van der Waals surface area contributed by atoms with Gasteiger partial charge in [-0.1, -0.05) is 24.4 Å². The summed E-state index contributed by atoms with van der Waals surface area (Å²) < 4.78 is 5.04. The Balaban J connectivity index is 2.55. The van der Waals surface area contributed by atoms with Crippen molar-refractivity contribution in [3.05, 3.63) is 22.7 Å². The monoisotopic (exact) mass is 267 g/mol. The van der Waals surface area contributed by atoms with Gasteiger partial charge < -0.3 is 9.84 Å². The maximum atomic E-state index is 10.6. The largest absolute Gasteiger partial charge is 0.507 e. The van der Waals surface area contributed by atoms with Crippen LogP contribution < -0.4 is 4.74 Å². The summed E-state index contributed by atoms with van der Waals surface area (Å²) in [6.45, 7) is 0. The van der Waals surface area contributed by atoms with Crippen molar-refractivity contribution in [2.45, 2.75) is 31.2 Å². The number of phenolic OH excluding ortho intramolecular Hbond substituents is 1. The quantitative estimate of drug-likeness (QED) is 0.676. The lowest BCUT2D eigenvalue weighted by atomic mass is 9.88. The van der Waals surface area contributed by atoms with E-state index < -0.39 is 5.54 Å². The molecule has 1 aromatic carbocycles. The number of hydrogen-bond donors (Lipinski definition) is 1. The fraction of sp³-hybridized carbons (Fsp3) is 0.462. The first-order valence-corrected chi connectivity index (χ1v) is 6.17. The number of phenols is 1. The van der Waals surface area contributed by atoms with Crippen LogP contribution in [0.25, 0.3) is 0 Å². The van der Waals surface area contributed by atoms with Gasteiger partial charge in [-0.3, -0.25) is 0 Å². The van der Waals surface area contributed by atoms with Crippen molar-refractivity contribution in [1.82, 2.24) is 0 Å². The number of ether oxygens (including phenoxy) is 1. The van der Waals surface area contributed by atoms with Gasteiger partial charge >= 0.3 is 0 Å². The lowest BCUT2D eigenvalue weighted by Gasteiger charge is -2.24. The molecule has 1 aliphatic carbocycles. The third-order valence-corrected chi connectivity index (χ3v) is 3.76. The smallest absolute Gasteiger partial charge is 0.235 e. The maximum absolute atomic E-state index is 10.6. The number of aliphatic imine (C=N–C) groups is 1. The molecule has 0 aliphatic heterocycles. The van der Waals surface area contributed by atoms with E-state index in [2.05, 4.69) is 4.99 Å². The summed E-state index contributed by atoms with van der Waals surface area (Å²) >= 11 is 6.07. The molecule has 0 aromatic heterocycles. The first-order valence-electron chi connectivity index (χ1n) is 5.79. The van der Waals surface area contributed by atoms with Crippen LogP contribution in [0.1, 0.15) is 31.2 Å². The molecular weight excluding hydrogens is 254 g/mol. The van der Waals surface area contributed by atoms with Crippen molar-refractivity contribution in [1.29, 1.82) is 0 Å². The summed E-state index contributed by atoms with van der Waals surface area (Å²) in [7, 11) is 1.48. The Morgan fingerprint density at radius 1 is 1.44 bits per heavy atom. The zero-order valence-corrected chi connectivity index (χ0v) is 10.8. The molecule has 0 radical (unpaired) electrons. The highest BCUT2D eigenvalue weighted by Crippen LogP contribution is 2.47. The minimum Gasteiger partial charge on any atom is -0.507 e. The molecule has 18 heavy (non-hydrogen) atoms. The molecule has 0 unspecified atom stereocenters. The van der Waals surface area contributed by atoms with E-state index in [1.54, 1.807) is 12.1 Å². The minimum absolute atomic E-state index is 0.0529. The molecular formula is C13H14ClNO3. The van der Waals surface area contributed by atoms with Crippen LogP contribution in [-0.2, 0) is 10.3 Å². The summed E-state index contributed by atoms with van der Waals surface area (Å²) in [5.74, 6) is 0.457. The highest BCUT2D eigenvalue weighted by Gasteiger charge is 2.38. The van der Waals surface area contributed by atoms with Crippen LogP contribution >= 0.6 is 11.6 Å². The predicted octanol–water partition coefficient (Wildman–Crippen LogP) is 3.16. The second-order valence-electron chi connectivity index (χ2n) is 4.45. The van der Waals surface area contributed by atoms with Crippen molar-refractivity contribution < 1.29 is 14.6 Å². The molecule has 96 valence electrons. The lowest BCUT2D eigenvalue weighted by Crippen LogP contribution is -2.19. The predicted molar refractivity (Wildman–Crippen MR) is 67.9 cm³/mol. The van der Waals surface area contributed by atoms with Gasteiger partial charge in [0.1, 0.15) is 17.0 Å². The molecule has 1 fully saturated rings. The molecule has 0 saturated heterocycles. The summed E-state index contributed by atoms with van der Waals surface area (Å²) in [6.07, 6.45) is 4.99. The van der Waals surface area contributed by atoms with Gasteiger partial charge in [-0.25, -0.2) is 4.79 Å². The number of hydrogen-bond acceptors (Lipinski definition) is 4. The van der Waals surface area contributed by atoms with Crippen LogP contribution in [0, 0.1) is 0 Å². The lowest BCUT2D eigenvalue weighted by molar-refractivity contribution is 0.391. The summed E-state index contributed by atoms with van der Waals surface area (Å²) in [6, 6.07) is 3.08. The maximum Gasteiger partial charge on any atom is 0.235 e. The van der Waals surface area contributed by atoms with Gasteiger partial charge in [-0.15, -0.1) is 0 Å². The number of carbonyl (C=O) groups excluding carboxylic acids is 1. The average Bonchev–Trinajstić information content (AvgIpc) is 2.81. The van der Waals surface area contributed by atoms with E-state index in [-0.39, 0.29) is 5.75 Å². The number of methoxy groups -OCH3 is 1. The third-order valence-electron chi connectivity index (χ3n) is 3.46. The van der Waals surface area contributed by atoms with Gasteiger partial charge in [0.2, 0.25) is 6.08 Å². The number of rotatable bonds is 3. The zero-order valence-electron chi connectivity index (χ0n) is 10.1. The molecule has 1 aliphatic rings. The number of aromatic hydroxyl groups is 1. The van der Waals surface area contributed by atoms with Crippen molar-refractivity contribution in [2.24, 2.45) is 4.99 Å². The topological polar surface area (TPSA) is 58.9 Å². The zero-order chi connectivity index (χ0) is 13.2. The van der Waals surface area contributed by atoms with Crippen molar-refractivity contribution in [3.63, 3.8) is 0 Å². The SMILES string of the molecule is COc1cc(O)c(C2(N=C=O)CCCC2)cc1Cl. The van der Waals surface area contributed by atoms with Gasteiger partial charge in [-0.2, -0.15) is 4.99 Å².